The second kappa shape index (κ2) is 9.70. The average molecular weight is 430 g/mol. The zero-order chi connectivity index (χ0) is 21.6. The number of anilines is 1. The number of aryl methyl sites for hydroxylation is 1. The third-order valence-electron chi connectivity index (χ3n) is 4.04. The normalized spacial score (nSPS) is 11.5. The Kier molecular flexibility index (Phi) is 7.57. The molecule has 0 radical (unpaired) electrons. The molecule has 0 spiro atoms. The third kappa shape index (κ3) is 6.16. The number of halogens is 3. The van der Waals surface area contributed by atoms with Crippen molar-refractivity contribution in [2.75, 3.05) is 10.1 Å². The monoisotopic (exact) mass is 430 g/mol. The summed E-state index contributed by atoms with van der Waals surface area (Å²) in [5.74, 6) is -2.13. The van der Waals surface area contributed by atoms with E-state index in [0.717, 1.165) is 10.4 Å². The molecule has 11 heteroatoms. The number of rotatable bonds is 9. The Morgan fingerprint density at radius 2 is 1.97 bits per heavy atom. The summed E-state index contributed by atoms with van der Waals surface area (Å²) < 4.78 is 64.2. The fourth-order valence-electron chi connectivity index (χ4n) is 2.33. The summed E-state index contributed by atoms with van der Waals surface area (Å²) >= 11 is 0. The van der Waals surface area contributed by atoms with Crippen LogP contribution in [0.5, 0.6) is 0 Å². The SMILES string of the molecule is CCS(=O)(=O)N(Cc1ccc(CNNC(=O)C(F)F)cn1)c1ccc(C)c(F)c1. The van der Waals surface area contributed by atoms with Crippen molar-refractivity contribution in [3.63, 3.8) is 0 Å². The molecule has 1 amide bonds. The first-order chi connectivity index (χ1) is 13.6. The smallest absolute Gasteiger partial charge is 0.286 e. The van der Waals surface area contributed by atoms with Crippen molar-refractivity contribution in [1.29, 1.82) is 0 Å². The Labute approximate surface area is 167 Å². The summed E-state index contributed by atoms with van der Waals surface area (Å²) in [6.07, 6.45) is -1.70. The van der Waals surface area contributed by atoms with Crippen molar-refractivity contribution in [2.24, 2.45) is 0 Å². The van der Waals surface area contributed by atoms with E-state index in [1.807, 2.05) is 5.43 Å². The summed E-state index contributed by atoms with van der Waals surface area (Å²) in [7, 11) is -3.69. The van der Waals surface area contributed by atoms with Crippen molar-refractivity contribution >= 4 is 21.6 Å². The summed E-state index contributed by atoms with van der Waals surface area (Å²) in [4.78, 5) is 14.9. The molecule has 2 aromatic rings. The number of pyridine rings is 1. The van der Waals surface area contributed by atoms with Crippen LogP contribution in [0.4, 0.5) is 18.9 Å². The standard InChI is InChI=1S/C18H21F3N4O3S/c1-3-29(27,28)25(15-7-4-12(2)16(19)8-15)11-14-6-5-13(9-22-14)10-23-24-18(26)17(20)21/h4-9,17,23H,3,10-11H2,1-2H3,(H,24,26). The number of hydrogen-bond acceptors (Lipinski definition) is 5. The van der Waals surface area contributed by atoms with Crippen LogP contribution in [0.15, 0.2) is 36.5 Å². The predicted octanol–water partition coefficient (Wildman–Crippen LogP) is 2.27. The van der Waals surface area contributed by atoms with Crippen LogP contribution in [0.1, 0.15) is 23.7 Å². The van der Waals surface area contributed by atoms with E-state index in [1.54, 1.807) is 19.1 Å². The minimum atomic E-state index is -3.69. The number of benzene rings is 1. The van der Waals surface area contributed by atoms with E-state index >= 15 is 0 Å². The Balaban J connectivity index is 2.13. The lowest BCUT2D eigenvalue weighted by molar-refractivity contribution is -0.132. The number of sulfonamides is 1. The summed E-state index contributed by atoms with van der Waals surface area (Å²) in [5.41, 5.74) is 5.77. The van der Waals surface area contributed by atoms with E-state index in [-0.39, 0.29) is 24.5 Å². The number of carbonyl (C=O) groups excluding carboxylic acids is 1. The van der Waals surface area contributed by atoms with Crippen LogP contribution in [0.25, 0.3) is 0 Å². The van der Waals surface area contributed by atoms with Crippen molar-refractivity contribution < 1.29 is 26.4 Å². The van der Waals surface area contributed by atoms with Gasteiger partial charge in [-0.3, -0.25) is 19.5 Å². The van der Waals surface area contributed by atoms with E-state index < -0.39 is 28.2 Å². The largest absolute Gasteiger partial charge is 0.316 e. The molecule has 2 N–H and O–H groups in total. The highest BCUT2D eigenvalue weighted by Gasteiger charge is 2.22. The van der Waals surface area contributed by atoms with Gasteiger partial charge >= 0.3 is 12.3 Å². The van der Waals surface area contributed by atoms with Crippen LogP contribution >= 0.6 is 0 Å². The van der Waals surface area contributed by atoms with Gasteiger partial charge in [-0.25, -0.2) is 18.2 Å². The van der Waals surface area contributed by atoms with Gasteiger partial charge in [0.2, 0.25) is 10.0 Å². The minimum Gasteiger partial charge on any atom is -0.286 e. The van der Waals surface area contributed by atoms with Gasteiger partial charge in [-0.1, -0.05) is 12.1 Å². The van der Waals surface area contributed by atoms with Gasteiger partial charge in [0, 0.05) is 12.7 Å². The van der Waals surface area contributed by atoms with Crippen LogP contribution in [0.2, 0.25) is 0 Å². The number of hydrogen-bond donors (Lipinski definition) is 2. The topological polar surface area (TPSA) is 91.4 Å². The van der Waals surface area contributed by atoms with Crippen molar-refractivity contribution in [1.82, 2.24) is 15.8 Å². The van der Waals surface area contributed by atoms with Gasteiger partial charge in [0.25, 0.3) is 0 Å². The number of nitrogens with one attached hydrogen (secondary N) is 2. The first-order valence-electron chi connectivity index (χ1n) is 8.65. The minimum absolute atomic E-state index is 0.0475. The molecular weight excluding hydrogens is 409 g/mol. The summed E-state index contributed by atoms with van der Waals surface area (Å²) in [6, 6.07) is 7.35. The Hall–Kier alpha value is -2.66. The highest BCUT2D eigenvalue weighted by atomic mass is 32.2. The second-order valence-electron chi connectivity index (χ2n) is 6.14. The van der Waals surface area contributed by atoms with Gasteiger partial charge in [0.1, 0.15) is 5.82 Å². The highest BCUT2D eigenvalue weighted by molar-refractivity contribution is 7.92. The lowest BCUT2D eigenvalue weighted by Gasteiger charge is -2.24. The molecule has 1 heterocycles. The number of carbonyl (C=O) groups is 1. The molecule has 0 aliphatic heterocycles. The lowest BCUT2D eigenvalue weighted by Crippen LogP contribution is -2.40. The maximum Gasteiger partial charge on any atom is 0.316 e. The third-order valence-corrected chi connectivity index (χ3v) is 5.78. The molecule has 29 heavy (non-hydrogen) atoms. The average Bonchev–Trinajstić information content (AvgIpc) is 2.69. The van der Waals surface area contributed by atoms with E-state index in [4.69, 9.17) is 0 Å². The van der Waals surface area contributed by atoms with Gasteiger partial charge in [-0.05, 0) is 43.2 Å². The molecule has 1 aromatic heterocycles. The van der Waals surface area contributed by atoms with Gasteiger partial charge < -0.3 is 0 Å². The fraction of sp³-hybridized carbons (Fsp3) is 0.333. The van der Waals surface area contributed by atoms with Crippen LogP contribution in [-0.2, 0) is 27.9 Å². The molecule has 0 atom stereocenters. The predicted molar refractivity (Wildman–Crippen MR) is 102 cm³/mol. The van der Waals surface area contributed by atoms with Crippen molar-refractivity contribution in [2.45, 2.75) is 33.4 Å². The number of aromatic nitrogens is 1. The highest BCUT2D eigenvalue weighted by Crippen LogP contribution is 2.23. The summed E-state index contributed by atoms with van der Waals surface area (Å²) in [6.45, 7) is 3.01. The zero-order valence-electron chi connectivity index (χ0n) is 15.8. The molecule has 0 bridgehead atoms. The van der Waals surface area contributed by atoms with Crippen molar-refractivity contribution in [3.8, 4) is 0 Å². The first-order valence-corrected chi connectivity index (χ1v) is 10.3. The number of nitrogens with zero attached hydrogens (tertiary/aromatic N) is 2. The van der Waals surface area contributed by atoms with E-state index in [1.165, 1.54) is 25.3 Å². The number of amides is 1. The molecule has 1 aromatic carbocycles. The fourth-order valence-corrected chi connectivity index (χ4v) is 3.41. The Bertz CT molecular complexity index is 953. The maximum absolute atomic E-state index is 13.9. The van der Waals surface area contributed by atoms with Crippen LogP contribution in [0.3, 0.4) is 0 Å². The molecule has 0 unspecified atom stereocenters. The molecule has 0 fully saturated rings. The summed E-state index contributed by atoms with van der Waals surface area (Å²) in [5, 5.41) is 0. The molecule has 158 valence electrons. The molecule has 0 aliphatic rings. The molecule has 7 nitrogen and oxygen atoms in total. The Morgan fingerprint density at radius 3 is 2.52 bits per heavy atom. The molecule has 0 saturated carbocycles. The van der Waals surface area contributed by atoms with Crippen LogP contribution < -0.4 is 15.2 Å². The van der Waals surface area contributed by atoms with E-state index in [0.29, 0.717) is 16.8 Å². The number of alkyl halides is 2. The second-order valence-corrected chi connectivity index (χ2v) is 8.32. The molecular formula is C18H21F3N4O3S. The quantitative estimate of drug-likeness (QED) is 0.596. The van der Waals surface area contributed by atoms with Gasteiger partial charge in [0.15, 0.2) is 0 Å². The molecule has 0 aliphatic carbocycles. The van der Waals surface area contributed by atoms with Crippen LogP contribution in [0, 0.1) is 12.7 Å². The van der Waals surface area contributed by atoms with Gasteiger partial charge in [-0.2, -0.15) is 8.78 Å². The van der Waals surface area contributed by atoms with E-state index in [2.05, 4.69) is 10.4 Å². The van der Waals surface area contributed by atoms with Gasteiger partial charge in [0.05, 0.1) is 23.7 Å². The van der Waals surface area contributed by atoms with Gasteiger partial charge in [-0.15, -0.1) is 0 Å². The maximum atomic E-state index is 13.9. The number of hydrazine groups is 1. The zero-order valence-corrected chi connectivity index (χ0v) is 16.6. The first kappa shape index (κ1) is 22.6. The molecule has 0 saturated heterocycles. The molecule has 2 rings (SSSR count). The lowest BCUT2D eigenvalue weighted by atomic mass is 10.2. The van der Waals surface area contributed by atoms with Crippen molar-refractivity contribution in [3.05, 3.63) is 59.2 Å². The van der Waals surface area contributed by atoms with Crippen LogP contribution in [-0.4, -0.2) is 31.5 Å². The van der Waals surface area contributed by atoms with E-state index in [9.17, 15) is 26.4 Å². The Morgan fingerprint density at radius 1 is 1.24 bits per heavy atom.